The highest BCUT2D eigenvalue weighted by Crippen LogP contribution is 2.21. The van der Waals surface area contributed by atoms with Gasteiger partial charge in [-0.2, -0.15) is 0 Å². The maximum Gasteiger partial charge on any atom is 0.104 e. The van der Waals surface area contributed by atoms with E-state index in [2.05, 4.69) is 11.8 Å². The van der Waals surface area contributed by atoms with E-state index >= 15 is 0 Å². The highest BCUT2D eigenvalue weighted by Gasteiger charge is 2.00. The highest BCUT2D eigenvalue weighted by molar-refractivity contribution is 6.32. The van der Waals surface area contributed by atoms with Gasteiger partial charge in [0.2, 0.25) is 0 Å². The Morgan fingerprint density at radius 3 is 2.85 bits per heavy atom. The number of nitrogen functional groups attached to an aromatic ring is 1. The molecule has 0 saturated heterocycles. The van der Waals surface area contributed by atoms with Crippen LogP contribution in [-0.4, -0.2) is 11.7 Å². The van der Waals surface area contributed by atoms with Crippen LogP contribution in [0.2, 0.25) is 5.02 Å². The van der Waals surface area contributed by atoms with Gasteiger partial charge in [-0.25, -0.2) is 0 Å². The van der Waals surface area contributed by atoms with Crippen molar-refractivity contribution in [1.82, 2.24) is 0 Å². The summed E-state index contributed by atoms with van der Waals surface area (Å²) in [5.74, 6) is 5.28. The average molecular weight is 196 g/mol. The highest BCUT2D eigenvalue weighted by atomic mass is 35.5. The van der Waals surface area contributed by atoms with E-state index in [0.29, 0.717) is 16.3 Å². The standard InChI is InChI=1S/C10H10ClNO/c1-7-5-8(3-2-4-13)9(11)6-10(7)12/h5-6,13H,4,12H2,1H3. The smallest absolute Gasteiger partial charge is 0.104 e. The zero-order valence-electron chi connectivity index (χ0n) is 7.26. The number of hydrogen-bond acceptors (Lipinski definition) is 2. The Bertz CT molecular complexity index is 376. The number of aliphatic hydroxyl groups excluding tert-OH is 1. The molecule has 0 aliphatic rings. The molecule has 0 atom stereocenters. The Balaban J connectivity index is 3.16. The van der Waals surface area contributed by atoms with Gasteiger partial charge in [0.1, 0.15) is 6.61 Å². The fraction of sp³-hybridized carbons (Fsp3) is 0.200. The van der Waals surface area contributed by atoms with E-state index in [1.165, 1.54) is 0 Å². The summed E-state index contributed by atoms with van der Waals surface area (Å²) in [5, 5.41) is 9.02. The maximum absolute atomic E-state index is 8.50. The van der Waals surface area contributed by atoms with Gasteiger partial charge >= 0.3 is 0 Å². The number of halogens is 1. The summed E-state index contributed by atoms with van der Waals surface area (Å²) >= 11 is 5.87. The first-order valence-corrected chi connectivity index (χ1v) is 4.18. The van der Waals surface area contributed by atoms with Crippen LogP contribution in [0.4, 0.5) is 5.69 Å². The SMILES string of the molecule is Cc1cc(C#CCO)c(Cl)cc1N. The zero-order chi connectivity index (χ0) is 9.84. The molecule has 0 amide bonds. The number of hydrogen-bond donors (Lipinski definition) is 2. The fourth-order valence-corrected chi connectivity index (χ4v) is 1.15. The van der Waals surface area contributed by atoms with Gasteiger partial charge in [-0.1, -0.05) is 23.4 Å². The normalized spacial score (nSPS) is 9.15. The summed E-state index contributed by atoms with van der Waals surface area (Å²) in [4.78, 5) is 0. The van der Waals surface area contributed by atoms with Crippen molar-refractivity contribution >= 4 is 17.3 Å². The van der Waals surface area contributed by atoms with Gasteiger partial charge in [0.15, 0.2) is 0 Å². The van der Waals surface area contributed by atoms with Gasteiger partial charge in [-0.3, -0.25) is 0 Å². The molecule has 0 aliphatic heterocycles. The second kappa shape index (κ2) is 4.18. The lowest BCUT2D eigenvalue weighted by atomic mass is 10.1. The van der Waals surface area contributed by atoms with Crippen LogP contribution in [0.3, 0.4) is 0 Å². The Kier molecular flexibility index (Phi) is 3.18. The quantitative estimate of drug-likeness (QED) is 0.488. The van der Waals surface area contributed by atoms with E-state index < -0.39 is 0 Å². The summed E-state index contributed by atoms with van der Waals surface area (Å²) in [6, 6.07) is 3.47. The van der Waals surface area contributed by atoms with Gasteiger partial charge in [-0.15, -0.1) is 0 Å². The topological polar surface area (TPSA) is 46.2 Å². The van der Waals surface area contributed by atoms with Crippen LogP contribution in [0, 0.1) is 18.8 Å². The Labute approximate surface area is 82.3 Å². The first-order valence-electron chi connectivity index (χ1n) is 3.80. The van der Waals surface area contributed by atoms with Crippen molar-refractivity contribution in [3.63, 3.8) is 0 Å². The van der Waals surface area contributed by atoms with Gasteiger partial charge in [-0.05, 0) is 24.6 Å². The molecule has 1 rings (SSSR count). The predicted octanol–water partition coefficient (Wildman–Crippen LogP) is 1.57. The lowest BCUT2D eigenvalue weighted by Gasteiger charge is -2.02. The first kappa shape index (κ1) is 9.91. The van der Waals surface area contributed by atoms with Crippen molar-refractivity contribution in [2.24, 2.45) is 0 Å². The largest absolute Gasteiger partial charge is 0.398 e. The number of benzene rings is 1. The monoisotopic (exact) mass is 195 g/mol. The minimum absolute atomic E-state index is 0.167. The molecular weight excluding hydrogens is 186 g/mol. The van der Waals surface area contributed by atoms with Crippen molar-refractivity contribution in [3.05, 3.63) is 28.3 Å². The average Bonchev–Trinajstić information content (AvgIpc) is 2.09. The third-order valence-corrected chi connectivity index (χ3v) is 1.97. The number of aliphatic hydroxyl groups is 1. The van der Waals surface area contributed by atoms with Crippen molar-refractivity contribution in [1.29, 1.82) is 0 Å². The minimum Gasteiger partial charge on any atom is -0.398 e. The van der Waals surface area contributed by atoms with E-state index in [1.807, 2.05) is 6.92 Å². The zero-order valence-corrected chi connectivity index (χ0v) is 8.02. The van der Waals surface area contributed by atoms with E-state index in [-0.39, 0.29) is 6.61 Å². The molecular formula is C10H10ClNO. The molecule has 68 valence electrons. The summed E-state index contributed by atoms with van der Waals surface area (Å²) in [6.07, 6.45) is 0. The van der Waals surface area contributed by atoms with Gasteiger partial charge < -0.3 is 10.8 Å². The Morgan fingerprint density at radius 1 is 1.54 bits per heavy atom. The molecule has 0 bridgehead atoms. The molecule has 0 saturated carbocycles. The molecule has 13 heavy (non-hydrogen) atoms. The van der Waals surface area contributed by atoms with Crippen molar-refractivity contribution < 1.29 is 5.11 Å². The fourth-order valence-electron chi connectivity index (χ4n) is 0.927. The van der Waals surface area contributed by atoms with Gasteiger partial charge in [0, 0.05) is 11.3 Å². The molecule has 0 radical (unpaired) electrons. The molecule has 3 heteroatoms. The number of anilines is 1. The van der Waals surface area contributed by atoms with Crippen LogP contribution >= 0.6 is 11.6 Å². The first-order chi connectivity index (χ1) is 6.15. The van der Waals surface area contributed by atoms with Crippen molar-refractivity contribution in [2.75, 3.05) is 12.3 Å². The molecule has 0 fully saturated rings. The van der Waals surface area contributed by atoms with E-state index in [4.69, 9.17) is 22.4 Å². The van der Waals surface area contributed by atoms with Crippen molar-refractivity contribution in [3.8, 4) is 11.8 Å². The third kappa shape index (κ3) is 2.38. The minimum atomic E-state index is -0.167. The number of nitrogens with two attached hydrogens (primary N) is 1. The van der Waals surface area contributed by atoms with Crippen molar-refractivity contribution in [2.45, 2.75) is 6.92 Å². The van der Waals surface area contributed by atoms with Crippen LogP contribution in [0.5, 0.6) is 0 Å². The molecule has 0 heterocycles. The maximum atomic E-state index is 8.50. The Morgan fingerprint density at radius 2 is 2.23 bits per heavy atom. The van der Waals surface area contributed by atoms with Gasteiger partial charge in [0.05, 0.1) is 5.02 Å². The lowest BCUT2D eigenvalue weighted by molar-refractivity contribution is 0.350. The summed E-state index contributed by atoms with van der Waals surface area (Å²) in [7, 11) is 0. The molecule has 0 aliphatic carbocycles. The van der Waals surface area contributed by atoms with E-state index in [0.717, 1.165) is 5.56 Å². The number of aryl methyl sites for hydroxylation is 1. The molecule has 0 spiro atoms. The molecule has 0 unspecified atom stereocenters. The molecule has 1 aromatic rings. The third-order valence-electron chi connectivity index (χ3n) is 1.66. The summed E-state index contributed by atoms with van der Waals surface area (Å²) < 4.78 is 0. The van der Waals surface area contributed by atoms with Crippen LogP contribution < -0.4 is 5.73 Å². The lowest BCUT2D eigenvalue weighted by Crippen LogP contribution is -1.91. The predicted molar refractivity (Wildman–Crippen MR) is 54.6 cm³/mol. The molecule has 1 aromatic carbocycles. The van der Waals surface area contributed by atoms with Crippen LogP contribution in [0.25, 0.3) is 0 Å². The molecule has 0 aromatic heterocycles. The summed E-state index contributed by atoms with van der Waals surface area (Å²) in [6.45, 7) is 1.72. The van der Waals surface area contributed by atoms with E-state index in [9.17, 15) is 0 Å². The number of rotatable bonds is 0. The Hall–Kier alpha value is -1.17. The molecule has 3 N–H and O–H groups in total. The van der Waals surface area contributed by atoms with Crippen LogP contribution in [0.1, 0.15) is 11.1 Å². The second-order valence-electron chi connectivity index (χ2n) is 2.65. The van der Waals surface area contributed by atoms with Gasteiger partial charge in [0.25, 0.3) is 0 Å². The van der Waals surface area contributed by atoms with Crippen LogP contribution in [-0.2, 0) is 0 Å². The van der Waals surface area contributed by atoms with E-state index in [1.54, 1.807) is 12.1 Å². The second-order valence-corrected chi connectivity index (χ2v) is 3.06. The van der Waals surface area contributed by atoms with Crippen LogP contribution in [0.15, 0.2) is 12.1 Å². The molecule has 2 nitrogen and oxygen atoms in total. The summed E-state index contributed by atoms with van der Waals surface area (Å²) in [5.41, 5.74) is 7.92.